The lowest BCUT2D eigenvalue weighted by molar-refractivity contribution is 0.0560. The molecular weight excluding hydrogens is 408 g/mol. The Labute approximate surface area is 131 Å². The molecule has 0 aromatic heterocycles. The molecule has 1 fully saturated rings. The van der Waals surface area contributed by atoms with Gasteiger partial charge in [0.1, 0.15) is 0 Å². The second-order valence-electron chi connectivity index (χ2n) is 4.59. The summed E-state index contributed by atoms with van der Waals surface area (Å²) in [6.07, 6.45) is -5.29. The minimum Gasteiger partial charge on any atom is -0.370 e. The molecule has 0 radical (unpaired) electrons. The van der Waals surface area contributed by atoms with Crippen molar-refractivity contribution in [3.05, 3.63) is 0 Å². The van der Waals surface area contributed by atoms with E-state index in [1.165, 1.54) is 0 Å². The van der Waals surface area contributed by atoms with Crippen molar-refractivity contribution in [1.29, 1.82) is 0 Å². The molecule has 0 aromatic carbocycles. The van der Waals surface area contributed by atoms with Crippen LogP contribution in [0.1, 0.15) is 12.8 Å². The van der Waals surface area contributed by atoms with E-state index in [-0.39, 0.29) is 0 Å². The summed E-state index contributed by atoms with van der Waals surface area (Å²) in [5.41, 5.74) is 0. The second-order valence-corrected chi connectivity index (χ2v) is 11.3. The zero-order chi connectivity index (χ0) is 18.4. The average molecular weight is 420 g/mol. The molecule has 1 aliphatic rings. The third kappa shape index (κ3) is 5.03. The second kappa shape index (κ2) is 6.15. The Bertz CT molecular complexity index is 725. The summed E-state index contributed by atoms with van der Waals surface area (Å²) in [4.78, 5) is 0. The monoisotopic (exact) mass is 420 g/mol. The van der Waals surface area contributed by atoms with Crippen LogP contribution in [0.15, 0.2) is 0 Å². The number of hydrogen-bond acceptors (Lipinski definition) is 9. The predicted molar refractivity (Wildman–Crippen MR) is 71.7 cm³/mol. The molecule has 0 aromatic rings. The van der Waals surface area contributed by atoms with Crippen LogP contribution in [0.3, 0.4) is 0 Å². The fourth-order valence-electron chi connectivity index (χ4n) is 2.16. The van der Waals surface area contributed by atoms with Crippen LogP contribution in [0.4, 0.5) is 0 Å². The topological polar surface area (TPSA) is 227 Å². The van der Waals surface area contributed by atoms with E-state index in [1.807, 2.05) is 0 Å². The summed E-state index contributed by atoms with van der Waals surface area (Å²) >= 11 is 0. The lowest BCUT2D eigenvalue weighted by Crippen LogP contribution is -2.44. The largest absolute Gasteiger partial charge is 0.370 e. The van der Waals surface area contributed by atoms with Crippen LogP contribution >= 0.6 is 0 Å². The SMILES string of the molecule is O=S(=O)(O)C(C1CCC(C(S(=O)(=O)O)S(=O)(=O)O)O1)S(=O)(=O)O. The van der Waals surface area contributed by atoms with Crippen molar-refractivity contribution in [3.8, 4) is 0 Å². The Morgan fingerprint density at radius 1 is 0.609 bits per heavy atom. The van der Waals surface area contributed by atoms with Crippen molar-refractivity contribution in [2.24, 2.45) is 0 Å². The van der Waals surface area contributed by atoms with Gasteiger partial charge in [-0.3, -0.25) is 18.2 Å². The van der Waals surface area contributed by atoms with Crippen LogP contribution in [-0.4, -0.2) is 73.3 Å². The molecule has 2 unspecified atom stereocenters. The van der Waals surface area contributed by atoms with Gasteiger partial charge >= 0.3 is 0 Å². The van der Waals surface area contributed by atoms with E-state index in [1.54, 1.807) is 0 Å². The molecule has 1 heterocycles. The van der Waals surface area contributed by atoms with E-state index >= 15 is 0 Å². The molecule has 2 atom stereocenters. The quantitative estimate of drug-likeness (QED) is 0.333. The Kier molecular flexibility index (Phi) is 5.52. The van der Waals surface area contributed by atoms with Crippen LogP contribution in [0.5, 0.6) is 0 Å². The summed E-state index contributed by atoms with van der Waals surface area (Å²) in [6.45, 7) is 0. The molecule has 0 aliphatic carbocycles. The first-order valence-corrected chi connectivity index (χ1v) is 11.5. The van der Waals surface area contributed by atoms with Gasteiger partial charge in [0, 0.05) is 0 Å². The lowest BCUT2D eigenvalue weighted by Gasteiger charge is -2.21. The van der Waals surface area contributed by atoms with Crippen LogP contribution in [0, 0.1) is 0 Å². The Morgan fingerprint density at radius 3 is 1.00 bits per heavy atom. The first-order valence-electron chi connectivity index (χ1n) is 5.46. The molecule has 0 spiro atoms. The standard InChI is InChI=1S/C6H12O13S4/c7-20(8,9)5(21(10,11)12)3-1-2-4(19-3)6(22(13,14)15)23(16,17)18/h3-6H,1-2H2,(H,7,8,9)(H,10,11,12)(H,13,14,15)(H,16,17,18). The molecule has 13 nitrogen and oxygen atoms in total. The van der Waals surface area contributed by atoms with Gasteiger partial charge in [0.05, 0.1) is 12.2 Å². The molecule has 23 heavy (non-hydrogen) atoms. The van der Waals surface area contributed by atoms with Crippen molar-refractivity contribution < 1.29 is 56.6 Å². The van der Waals surface area contributed by atoms with Gasteiger partial charge in [0.15, 0.2) is 0 Å². The normalized spacial score (nSPS) is 24.4. The fourth-order valence-corrected chi connectivity index (χ4v) is 6.96. The zero-order valence-electron chi connectivity index (χ0n) is 10.8. The van der Waals surface area contributed by atoms with Crippen LogP contribution in [0.25, 0.3) is 0 Å². The van der Waals surface area contributed by atoms with Crippen LogP contribution in [0.2, 0.25) is 0 Å². The van der Waals surface area contributed by atoms with Gasteiger partial charge in [-0.05, 0) is 12.8 Å². The van der Waals surface area contributed by atoms with Crippen molar-refractivity contribution in [3.63, 3.8) is 0 Å². The van der Waals surface area contributed by atoms with E-state index in [2.05, 4.69) is 4.74 Å². The van der Waals surface area contributed by atoms with Crippen LogP contribution < -0.4 is 0 Å². The molecule has 0 amide bonds. The molecule has 0 saturated carbocycles. The van der Waals surface area contributed by atoms with Crippen molar-refractivity contribution >= 4 is 40.5 Å². The molecule has 138 valence electrons. The van der Waals surface area contributed by atoms with Crippen molar-refractivity contribution in [2.75, 3.05) is 0 Å². The van der Waals surface area contributed by atoms with Gasteiger partial charge in [-0.25, -0.2) is 0 Å². The first-order chi connectivity index (χ1) is 9.95. The fraction of sp³-hybridized carbons (Fsp3) is 1.00. The van der Waals surface area contributed by atoms with Gasteiger partial charge in [0.25, 0.3) is 40.5 Å². The molecule has 4 N–H and O–H groups in total. The summed E-state index contributed by atoms with van der Waals surface area (Å²) in [7, 11) is -21.7. The first kappa shape index (κ1) is 20.6. The van der Waals surface area contributed by atoms with Gasteiger partial charge in [-0.2, -0.15) is 33.7 Å². The van der Waals surface area contributed by atoms with Gasteiger partial charge in [-0.1, -0.05) is 0 Å². The van der Waals surface area contributed by atoms with Crippen LogP contribution in [-0.2, 0) is 45.2 Å². The molecule has 0 bridgehead atoms. The van der Waals surface area contributed by atoms with E-state index in [0.717, 1.165) is 0 Å². The molecular formula is C6H12O13S4. The molecule has 1 rings (SSSR count). The Balaban J connectivity index is 3.24. The highest BCUT2D eigenvalue weighted by Gasteiger charge is 2.52. The smallest absolute Gasteiger partial charge is 0.287 e. The Hall–Kier alpha value is -0.400. The molecule has 17 heteroatoms. The highest BCUT2D eigenvalue weighted by atomic mass is 32.3. The summed E-state index contributed by atoms with van der Waals surface area (Å²) in [5.74, 6) is 0. The maximum Gasteiger partial charge on any atom is 0.287 e. The Morgan fingerprint density at radius 2 is 0.826 bits per heavy atom. The molecule has 1 saturated heterocycles. The van der Waals surface area contributed by atoms with Gasteiger partial charge < -0.3 is 4.74 Å². The van der Waals surface area contributed by atoms with Gasteiger partial charge in [-0.15, -0.1) is 0 Å². The zero-order valence-corrected chi connectivity index (χ0v) is 14.1. The number of ether oxygens (including phenoxy) is 1. The third-order valence-electron chi connectivity index (χ3n) is 2.87. The maximum absolute atomic E-state index is 11.0. The van der Waals surface area contributed by atoms with E-state index < -0.39 is 74.7 Å². The molecule has 1 aliphatic heterocycles. The third-order valence-corrected chi connectivity index (χ3v) is 9.35. The number of rotatable bonds is 6. The van der Waals surface area contributed by atoms with E-state index in [4.69, 9.17) is 18.2 Å². The predicted octanol–water partition coefficient (Wildman–Crippen LogP) is -2.26. The average Bonchev–Trinajstić information content (AvgIpc) is 2.55. The lowest BCUT2D eigenvalue weighted by atomic mass is 10.2. The summed E-state index contributed by atoms with van der Waals surface area (Å²) < 4.78 is 122. The maximum atomic E-state index is 11.0. The summed E-state index contributed by atoms with van der Waals surface area (Å²) in [6, 6.07) is 0. The van der Waals surface area contributed by atoms with Gasteiger partial charge in [0.2, 0.25) is 9.16 Å². The van der Waals surface area contributed by atoms with Crippen molar-refractivity contribution in [2.45, 2.75) is 34.2 Å². The van der Waals surface area contributed by atoms with E-state index in [9.17, 15) is 33.7 Å². The summed E-state index contributed by atoms with van der Waals surface area (Å²) in [5, 5.41) is 0. The van der Waals surface area contributed by atoms with Crippen molar-refractivity contribution in [1.82, 2.24) is 0 Å². The highest BCUT2D eigenvalue weighted by molar-refractivity contribution is 8.04. The van der Waals surface area contributed by atoms with E-state index in [0.29, 0.717) is 0 Å². The minimum absolute atomic E-state index is 0.615. The minimum atomic E-state index is -5.41. The highest BCUT2D eigenvalue weighted by Crippen LogP contribution is 2.32. The number of hydrogen-bond donors (Lipinski definition) is 4.